The number of ether oxygens (including phenoxy) is 1. The van der Waals surface area contributed by atoms with Gasteiger partial charge in [-0.2, -0.15) is 0 Å². The highest BCUT2D eigenvalue weighted by Gasteiger charge is 2.65. The van der Waals surface area contributed by atoms with Crippen LogP contribution >= 0.6 is 11.3 Å². The van der Waals surface area contributed by atoms with Crippen LogP contribution < -0.4 is 10.6 Å². The third-order valence-electron chi connectivity index (χ3n) is 5.87. The van der Waals surface area contributed by atoms with E-state index in [1.165, 1.54) is 30.6 Å². The molecule has 2 amide bonds. The first-order valence-electron chi connectivity index (χ1n) is 8.76. The number of thiazole rings is 1. The average Bonchev–Trinajstić information content (AvgIpc) is 3.24. The summed E-state index contributed by atoms with van der Waals surface area (Å²) >= 11 is 1.70. The molecule has 4 rings (SSSR count). The SMILES string of the molecule is Cc1cnc(CCNC(=O)N[C@@H]2[C@H]3CCO[C@H]3C23CCCC3)s1. The van der Waals surface area contributed by atoms with E-state index in [1.807, 2.05) is 6.20 Å². The molecule has 0 aromatic carbocycles. The number of nitrogens with zero attached hydrogens (tertiary/aromatic N) is 1. The lowest BCUT2D eigenvalue weighted by Crippen LogP contribution is -2.69. The van der Waals surface area contributed by atoms with Crippen molar-refractivity contribution in [2.75, 3.05) is 13.2 Å². The van der Waals surface area contributed by atoms with Gasteiger partial charge in [-0.25, -0.2) is 9.78 Å². The average molecular weight is 335 g/mol. The van der Waals surface area contributed by atoms with Gasteiger partial charge >= 0.3 is 6.03 Å². The Morgan fingerprint density at radius 1 is 1.48 bits per heavy atom. The highest BCUT2D eigenvalue weighted by Crippen LogP contribution is 2.60. The lowest BCUT2D eigenvalue weighted by atomic mass is 9.54. The van der Waals surface area contributed by atoms with E-state index in [1.54, 1.807) is 11.3 Å². The molecule has 1 spiro atoms. The van der Waals surface area contributed by atoms with E-state index in [0.29, 0.717) is 24.6 Å². The van der Waals surface area contributed by atoms with Gasteiger partial charge < -0.3 is 15.4 Å². The number of aromatic nitrogens is 1. The molecule has 0 unspecified atom stereocenters. The first-order valence-corrected chi connectivity index (χ1v) is 9.58. The van der Waals surface area contributed by atoms with Crippen molar-refractivity contribution in [1.82, 2.24) is 15.6 Å². The molecule has 5 nitrogen and oxygen atoms in total. The molecule has 0 bridgehead atoms. The van der Waals surface area contributed by atoms with Gasteiger partial charge in [0.25, 0.3) is 0 Å². The summed E-state index contributed by atoms with van der Waals surface area (Å²) in [6.45, 7) is 3.56. The van der Waals surface area contributed by atoms with Gasteiger partial charge in [-0.3, -0.25) is 0 Å². The van der Waals surface area contributed by atoms with Gasteiger partial charge in [-0.15, -0.1) is 11.3 Å². The molecule has 0 radical (unpaired) electrons. The summed E-state index contributed by atoms with van der Waals surface area (Å²) in [6.07, 6.45) is 9.14. The van der Waals surface area contributed by atoms with Gasteiger partial charge in [-0.1, -0.05) is 12.8 Å². The van der Waals surface area contributed by atoms with E-state index in [9.17, 15) is 4.79 Å². The quantitative estimate of drug-likeness (QED) is 0.889. The summed E-state index contributed by atoms with van der Waals surface area (Å²) < 4.78 is 5.96. The van der Waals surface area contributed by atoms with Crippen LogP contribution in [0.4, 0.5) is 4.79 Å². The van der Waals surface area contributed by atoms with Crippen molar-refractivity contribution in [3.05, 3.63) is 16.1 Å². The molecule has 2 heterocycles. The van der Waals surface area contributed by atoms with Gasteiger partial charge in [0.05, 0.1) is 11.1 Å². The molecule has 3 fully saturated rings. The number of fused-ring (bicyclic) bond motifs is 2. The van der Waals surface area contributed by atoms with Crippen LogP contribution in [0.2, 0.25) is 0 Å². The molecule has 3 aliphatic rings. The zero-order chi connectivity index (χ0) is 15.9. The van der Waals surface area contributed by atoms with Crippen molar-refractivity contribution >= 4 is 17.4 Å². The molecule has 23 heavy (non-hydrogen) atoms. The van der Waals surface area contributed by atoms with Gasteiger partial charge in [0.2, 0.25) is 0 Å². The second-order valence-electron chi connectivity index (χ2n) is 7.18. The van der Waals surface area contributed by atoms with E-state index in [4.69, 9.17) is 4.74 Å². The summed E-state index contributed by atoms with van der Waals surface area (Å²) in [5.41, 5.74) is 0.227. The predicted octanol–water partition coefficient (Wildman–Crippen LogP) is 2.64. The van der Waals surface area contributed by atoms with E-state index >= 15 is 0 Å². The molecular formula is C17H25N3O2S. The van der Waals surface area contributed by atoms with Gasteiger partial charge in [0, 0.05) is 48.0 Å². The number of amides is 2. The Balaban J connectivity index is 1.29. The zero-order valence-corrected chi connectivity index (χ0v) is 14.5. The van der Waals surface area contributed by atoms with Crippen molar-refractivity contribution in [2.24, 2.45) is 11.3 Å². The molecular weight excluding hydrogens is 310 g/mol. The Kier molecular flexibility index (Phi) is 4.05. The van der Waals surface area contributed by atoms with Crippen LogP contribution in [-0.2, 0) is 11.2 Å². The number of carbonyl (C=O) groups excluding carboxylic acids is 1. The second kappa shape index (κ2) is 6.06. The first kappa shape index (κ1) is 15.4. The van der Waals surface area contributed by atoms with Crippen LogP contribution in [0.25, 0.3) is 0 Å². The minimum Gasteiger partial charge on any atom is -0.377 e. The van der Waals surface area contributed by atoms with Gasteiger partial charge in [0.15, 0.2) is 0 Å². The highest BCUT2D eigenvalue weighted by atomic mass is 32.1. The number of hydrogen-bond donors (Lipinski definition) is 2. The lowest BCUT2D eigenvalue weighted by molar-refractivity contribution is -0.126. The normalized spacial score (nSPS) is 30.9. The zero-order valence-electron chi connectivity index (χ0n) is 13.6. The van der Waals surface area contributed by atoms with Crippen LogP contribution in [0.5, 0.6) is 0 Å². The van der Waals surface area contributed by atoms with Crippen LogP contribution in [0.1, 0.15) is 42.0 Å². The fraction of sp³-hybridized carbons (Fsp3) is 0.765. The van der Waals surface area contributed by atoms with Crippen molar-refractivity contribution in [2.45, 2.75) is 57.6 Å². The number of urea groups is 1. The Morgan fingerprint density at radius 2 is 2.30 bits per heavy atom. The number of carbonyl (C=O) groups is 1. The summed E-state index contributed by atoms with van der Waals surface area (Å²) in [4.78, 5) is 17.8. The molecule has 1 aliphatic heterocycles. The standard InChI is InChI=1S/C17H25N3O2S/c1-11-10-19-13(23-11)4-8-18-16(21)20-14-12-5-9-22-15(12)17(14)6-2-3-7-17/h10,12,14-15H,2-9H2,1H3,(H2,18,20,21)/t12-,14-,15-/m1/s1. The van der Waals surface area contributed by atoms with Gasteiger partial charge in [-0.05, 0) is 26.2 Å². The van der Waals surface area contributed by atoms with E-state index in [0.717, 1.165) is 24.5 Å². The molecule has 1 aromatic rings. The van der Waals surface area contributed by atoms with Crippen molar-refractivity contribution < 1.29 is 9.53 Å². The molecule has 1 saturated heterocycles. The smallest absolute Gasteiger partial charge is 0.315 e. The maximum absolute atomic E-state index is 12.3. The molecule has 3 atom stereocenters. The lowest BCUT2D eigenvalue weighted by Gasteiger charge is -2.56. The minimum atomic E-state index is -0.0279. The van der Waals surface area contributed by atoms with Crippen LogP contribution in [0.15, 0.2) is 6.20 Å². The number of nitrogens with one attached hydrogen (secondary N) is 2. The van der Waals surface area contributed by atoms with Crippen molar-refractivity contribution in [3.8, 4) is 0 Å². The summed E-state index contributed by atoms with van der Waals surface area (Å²) in [5, 5.41) is 7.35. The number of rotatable bonds is 4. The Hall–Kier alpha value is -1.14. The fourth-order valence-electron chi connectivity index (χ4n) is 4.90. The molecule has 126 valence electrons. The summed E-state index contributed by atoms with van der Waals surface area (Å²) in [6, 6.07) is 0.277. The number of hydrogen-bond acceptors (Lipinski definition) is 4. The maximum Gasteiger partial charge on any atom is 0.315 e. The molecule has 2 N–H and O–H groups in total. The summed E-state index contributed by atoms with van der Waals surface area (Å²) in [5.74, 6) is 0.528. The number of aryl methyl sites for hydroxylation is 1. The maximum atomic E-state index is 12.3. The molecule has 1 aromatic heterocycles. The fourth-order valence-corrected chi connectivity index (χ4v) is 5.68. The van der Waals surface area contributed by atoms with Crippen LogP contribution in [0.3, 0.4) is 0 Å². The van der Waals surface area contributed by atoms with Crippen molar-refractivity contribution in [3.63, 3.8) is 0 Å². The monoisotopic (exact) mass is 335 g/mol. The van der Waals surface area contributed by atoms with Crippen LogP contribution in [-0.4, -0.2) is 36.3 Å². The van der Waals surface area contributed by atoms with E-state index < -0.39 is 0 Å². The Labute approximate surface area is 141 Å². The Bertz CT molecular complexity index is 582. The van der Waals surface area contributed by atoms with Gasteiger partial charge in [0.1, 0.15) is 0 Å². The third-order valence-corrected chi connectivity index (χ3v) is 6.84. The Morgan fingerprint density at radius 3 is 3.04 bits per heavy atom. The molecule has 2 saturated carbocycles. The summed E-state index contributed by atoms with van der Waals surface area (Å²) in [7, 11) is 0. The van der Waals surface area contributed by atoms with E-state index in [2.05, 4.69) is 22.5 Å². The van der Waals surface area contributed by atoms with Crippen molar-refractivity contribution in [1.29, 1.82) is 0 Å². The minimum absolute atomic E-state index is 0.0279. The second-order valence-corrected chi connectivity index (χ2v) is 8.50. The van der Waals surface area contributed by atoms with Crippen LogP contribution in [0, 0.1) is 18.3 Å². The molecule has 2 aliphatic carbocycles. The highest BCUT2D eigenvalue weighted by molar-refractivity contribution is 7.11. The molecule has 6 heteroatoms. The third kappa shape index (κ3) is 2.66. The van der Waals surface area contributed by atoms with E-state index in [-0.39, 0.29) is 11.4 Å². The topological polar surface area (TPSA) is 63.2 Å². The first-order chi connectivity index (χ1) is 11.2. The predicted molar refractivity (Wildman–Crippen MR) is 89.6 cm³/mol. The largest absolute Gasteiger partial charge is 0.377 e.